The molecule has 18 heavy (non-hydrogen) atoms. The van der Waals surface area contributed by atoms with E-state index in [9.17, 15) is 9.59 Å². The maximum Gasteiger partial charge on any atom is 0.344 e. The fourth-order valence-corrected chi connectivity index (χ4v) is 1.97. The number of rotatable bonds is 6. The van der Waals surface area contributed by atoms with Crippen molar-refractivity contribution in [1.29, 1.82) is 0 Å². The molecule has 0 amide bonds. The molecule has 0 N–H and O–H groups in total. The van der Waals surface area contributed by atoms with Crippen LogP contribution >= 0.6 is 0 Å². The Hall–Kier alpha value is -1.10. The fraction of sp³-hybridized carbons (Fsp3) is 0.846. The second-order valence-corrected chi connectivity index (χ2v) is 4.97. The topological polar surface area (TPSA) is 55.8 Å². The van der Waals surface area contributed by atoms with Crippen LogP contribution in [0, 0.1) is 5.92 Å². The smallest absolute Gasteiger partial charge is 0.344 e. The molecule has 1 fully saturated rings. The first-order chi connectivity index (χ1) is 8.59. The van der Waals surface area contributed by atoms with Crippen molar-refractivity contribution in [2.45, 2.75) is 32.1 Å². The van der Waals surface area contributed by atoms with E-state index in [1.165, 1.54) is 6.42 Å². The summed E-state index contributed by atoms with van der Waals surface area (Å²) >= 11 is 0. The largest absolute Gasteiger partial charge is 0.462 e. The number of likely N-dealkylation sites (N-methyl/N-ethyl adjacent to an activating group) is 1. The Morgan fingerprint density at radius 3 is 2.39 bits per heavy atom. The molecule has 0 saturated heterocycles. The quantitative estimate of drug-likeness (QED) is 0.670. The van der Waals surface area contributed by atoms with Crippen LogP contribution < -0.4 is 0 Å². The van der Waals surface area contributed by atoms with Crippen molar-refractivity contribution in [1.82, 2.24) is 4.90 Å². The SMILES string of the molecule is CN(C)CCOC(=O)COC(=O)C1CCCCC1. The maximum absolute atomic E-state index is 11.6. The number of carbonyl (C=O) groups is 2. The maximum atomic E-state index is 11.6. The minimum absolute atomic E-state index is 0.0201. The van der Waals surface area contributed by atoms with E-state index in [1.54, 1.807) is 0 Å². The average molecular weight is 257 g/mol. The Morgan fingerprint density at radius 1 is 1.11 bits per heavy atom. The van der Waals surface area contributed by atoms with Crippen molar-refractivity contribution in [2.24, 2.45) is 5.92 Å². The van der Waals surface area contributed by atoms with Crippen LogP contribution in [0.5, 0.6) is 0 Å². The highest BCUT2D eigenvalue weighted by Crippen LogP contribution is 2.24. The van der Waals surface area contributed by atoms with Crippen LogP contribution in [0.4, 0.5) is 0 Å². The molecule has 0 heterocycles. The van der Waals surface area contributed by atoms with Gasteiger partial charge in [-0.1, -0.05) is 19.3 Å². The highest BCUT2D eigenvalue weighted by Gasteiger charge is 2.23. The molecule has 0 aromatic rings. The summed E-state index contributed by atoms with van der Waals surface area (Å²) in [6.07, 6.45) is 5.11. The third-order valence-electron chi connectivity index (χ3n) is 3.07. The van der Waals surface area contributed by atoms with Gasteiger partial charge in [0.05, 0.1) is 5.92 Å². The Bertz CT molecular complexity index is 272. The number of hydrogen-bond donors (Lipinski definition) is 0. The van der Waals surface area contributed by atoms with E-state index in [2.05, 4.69) is 0 Å². The molecule has 1 aliphatic carbocycles. The van der Waals surface area contributed by atoms with Gasteiger partial charge in [0.25, 0.3) is 0 Å². The van der Waals surface area contributed by atoms with Gasteiger partial charge in [0, 0.05) is 6.54 Å². The molecule has 104 valence electrons. The third-order valence-corrected chi connectivity index (χ3v) is 3.07. The molecule has 0 radical (unpaired) electrons. The van der Waals surface area contributed by atoms with Gasteiger partial charge in [-0.2, -0.15) is 0 Å². The van der Waals surface area contributed by atoms with Gasteiger partial charge >= 0.3 is 11.9 Å². The van der Waals surface area contributed by atoms with E-state index in [-0.39, 0.29) is 18.5 Å². The van der Waals surface area contributed by atoms with Gasteiger partial charge < -0.3 is 14.4 Å². The Morgan fingerprint density at radius 2 is 1.78 bits per heavy atom. The lowest BCUT2D eigenvalue weighted by atomic mass is 9.89. The highest BCUT2D eigenvalue weighted by molar-refractivity contribution is 5.77. The highest BCUT2D eigenvalue weighted by atomic mass is 16.6. The second-order valence-electron chi connectivity index (χ2n) is 4.97. The summed E-state index contributed by atoms with van der Waals surface area (Å²) in [6.45, 7) is 0.734. The van der Waals surface area contributed by atoms with E-state index < -0.39 is 5.97 Å². The molecule has 0 bridgehead atoms. The molecule has 0 aromatic heterocycles. The molecular weight excluding hydrogens is 234 g/mol. The summed E-state index contributed by atoms with van der Waals surface area (Å²) in [5.74, 6) is -0.742. The summed E-state index contributed by atoms with van der Waals surface area (Å²) in [6, 6.07) is 0. The van der Waals surface area contributed by atoms with Gasteiger partial charge in [-0.05, 0) is 26.9 Å². The summed E-state index contributed by atoms with van der Waals surface area (Å²) in [7, 11) is 3.80. The molecule has 1 aliphatic rings. The summed E-state index contributed by atoms with van der Waals surface area (Å²) in [5, 5.41) is 0. The Labute approximate surface area is 108 Å². The van der Waals surface area contributed by atoms with E-state index in [1.807, 2.05) is 19.0 Å². The summed E-state index contributed by atoms with van der Waals surface area (Å²) in [4.78, 5) is 24.9. The van der Waals surface area contributed by atoms with Gasteiger partial charge in [-0.15, -0.1) is 0 Å². The first kappa shape index (κ1) is 15.0. The van der Waals surface area contributed by atoms with E-state index in [0.717, 1.165) is 25.7 Å². The van der Waals surface area contributed by atoms with Crippen LogP contribution in [0.15, 0.2) is 0 Å². The van der Waals surface area contributed by atoms with Crippen molar-refractivity contribution in [3.05, 3.63) is 0 Å². The van der Waals surface area contributed by atoms with Crippen LogP contribution in [0.3, 0.4) is 0 Å². The van der Waals surface area contributed by atoms with Crippen LogP contribution in [0.25, 0.3) is 0 Å². The first-order valence-corrected chi connectivity index (χ1v) is 6.56. The average Bonchev–Trinajstić information content (AvgIpc) is 2.36. The number of carbonyl (C=O) groups excluding carboxylic acids is 2. The van der Waals surface area contributed by atoms with Crippen molar-refractivity contribution >= 4 is 11.9 Å². The van der Waals surface area contributed by atoms with Crippen molar-refractivity contribution in [3.8, 4) is 0 Å². The van der Waals surface area contributed by atoms with Crippen LogP contribution in [0.1, 0.15) is 32.1 Å². The van der Waals surface area contributed by atoms with E-state index in [4.69, 9.17) is 9.47 Å². The number of hydrogen-bond acceptors (Lipinski definition) is 5. The standard InChI is InChI=1S/C13H23NO4/c1-14(2)8-9-17-12(15)10-18-13(16)11-6-4-3-5-7-11/h11H,3-10H2,1-2H3. The van der Waals surface area contributed by atoms with Gasteiger partial charge in [-0.25, -0.2) is 4.79 Å². The molecule has 0 spiro atoms. The van der Waals surface area contributed by atoms with Gasteiger partial charge in [0.15, 0.2) is 6.61 Å². The lowest BCUT2D eigenvalue weighted by Gasteiger charge is -2.19. The molecular formula is C13H23NO4. The van der Waals surface area contributed by atoms with Gasteiger partial charge in [0.1, 0.15) is 6.61 Å². The van der Waals surface area contributed by atoms with Crippen molar-refractivity contribution in [2.75, 3.05) is 33.9 Å². The molecule has 1 saturated carbocycles. The lowest BCUT2D eigenvalue weighted by molar-refractivity contribution is -0.162. The number of nitrogens with zero attached hydrogens (tertiary/aromatic N) is 1. The molecule has 5 heteroatoms. The lowest BCUT2D eigenvalue weighted by Crippen LogP contribution is -2.26. The molecule has 5 nitrogen and oxygen atoms in total. The first-order valence-electron chi connectivity index (χ1n) is 6.56. The third kappa shape index (κ3) is 6.00. The fourth-order valence-electron chi connectivity index (χ4n) is 1.97. The molecule has 0 unspecified atom stereocenters. The van der Waals surface area contributed by atoms with Crippen LogP contribution in [-0.2, 0) is 19.1 Å². The normalized spacial score (nSPS) is 16.6. The van der Waals surface area contributed by atoms with E-state index >= 15 is 0 Å². The van der Waals surface area contributed by atoms with E-state index in [0.29, 0.717) is 13.2 Å². The predicted molar refractivity (Wildman–Crippen MR) is 67.0 cm³/mol. The zero-order valence-corrected chi connectivity index (χ0v) is 11.3. The van der Waals surface area contributed by atoms with Crippen LogP contribution in [0.2, 0.25) is 0 Å². The minimum Gasteiger partial charge on any atom is -0.462 e. The van der Waals surface area contributed by atoms with Crippen molar-refractivity contribution in [3.63, 3.8) is 0 Å². The zero-order chi connectivity index (χ0) is 13.4. The molecule has 0 aromatic carbocycles. The van der Waals surface area contributed by atoms with Crippen LogP contribution in [-0.4, -0.2) is 50.7 Å². The second kappa shape index (κ2) is 8.08. The predicted octanol–water partition coefficient (Wildman–Crippen LogP) is 1.21. The monoisotopic (exact) mass is 257 g/mol. The van der Waals surface area contributed by atoms with Crippen molar-refractivity contribution < 1.29 is 19.1 Å². The van der Waals surface area contributed by atoms with Gasteiger partial charge in [0.2, 0.25) is 0 Å². The minimum atomic E-state index is -0.471. The Kier molecular flexibility index (Phi) is 6.72. The molecule has 0 aliphatic heterocycles. The number of esters is 2. The Balaban J connectivity index is 2.11. The zero-order valence-electron chi connectivity index (χ0n) is 11.3. The number of ether oxygens (including phenoxy) is 2. The molecule has 0 atom stereocenters. The van der Waals surface area contributed by atoms with Gasteiger partial charge in [-0.3, -0.25) is 4.79 Å². The summed E-state index contributed by atoms with van der Waals surface area (Å²) < 4.78 is 9.91. The summed E-state index contributed by atoms with van der Waals surface area (Å²) in [5.41, 5.74) is 0. The molecule has 1 rings (SSSR count).